The van der Waals surface area contributed by atoms with E-state index in [4.69, 9.17) is 0 Å². The van der Waals surface area contributed by atoms with Crippen molar-refractivity contribution in [1.29, 1.82) is 0 Å². The van der Waals surface area contributed by atoms with Crippen LogP contribution in [0, 0.1) is 13.8 Å². The number of nitrogens with one attached hydrogen (secondary N) is 1. The van der Waals surface area contributed by atoms with Crippen LogP contribution >= 0.6 is 11.3 Å². The Morgan fingerprint density at radius 3 is 2.79 bits per heavy atom. The lowest BCUT2D eigenvalue weighted by Crippen LogP contribution is -2.36. The summed E-state index contributed by atoms with van der Waals surface area (Å²) in [6.45, 7) is 4.69. The molecule has 0 saturated heterocycles. The largest absolute Gasteiger partial charge is 0.478 e. The van der Waals surface area contributed by atoms with Crippen LogP contribution in [0.3, 0.4) is 0 Å². The Morgan fingerprint density at radius 2 is 2.04 bits per heavy atom. The third kappa shape index (κ3) is 3.14. The second-order valence-electron chi connectivity index (χ2n) is 5.99. The molecule has 126 valence electrons. The lowest BCUT2D eigenvalue weighted by Gasteiger charge is -2.30. The summed E-state index contributed by atoms with van der Waals surface area (Å²) in [4.78, 5) is 26.8. The molecule has 1 aliphatic heterocycles. The molecule has 1 aromatic carbocycles. The maximum Gasteiger partial charge on any atom is 0.338 e. The van der Waals surface area contributed by atoms with Gasteiger partial charge >= 0.3 is 5.97 Å². The van der Waals surface area contributed by atoms with Crippen LogP contribution in [0.15, 0.2) is 24.3 Å². The van der Waals surface area contributed by atoms with E-state index in [2.05, 4.69) is 16.3 Å². The molecule has 2 heterocycles. The van der Waals surface area contributed by atoms with Crippen LogP contribution in [-0.2, 0) is 11.2 Å². The molecule has 0 fully saturated rings. The first kappa shape index (κ1) is 16.5. The smallest absolute Gasteiger partial charge is 0.338 e. The summed E-state index contributed by atoms with van der Waals surface area (Å²) < 4.78 is 0. The summed E-state index contributed by atoms with van der Waals surface area (Å²) in [6.07, 6.45) is 2.04. The van der Waals surface area contributed by atoms with E-state index in [1.54, 1.807) is 6.92 Å². The monoisotopic (exact) mass is 344 g/mol. The van der Waals surface area contributed by atoms with Gasteiger partial charge in [0.15, 0.2) is 0 Å². The van der Waals surface area contributed by atoms with Gasteiger partial charge in [0, 0.05) is 17.1 Å². The SMILES string of the molecule is Cc1sc(NC(=O)CN2CCCc3ccccc32)c(C(=O)O)c1C. The number of para-hydroxylation sites is 1. The Morgan fingerprint density at radius 1 is 1.29 bits per heavy atom. The maximum absolute atomic E-state index is 12.4. The van der Waals surface area contributed by atoms with Gasteiger partial charge in [0.05, 0.1) is 12.1 Å². The number of benzene rings is 1. The van der Waals surface area contributed by atoms with Gasteiger partial charge in [-0.2, -0.15) is 0 Å². The van der Waals surface area contributed by atoms with Gasteiger partial charge in [0.2, 0.25) is 5.91 Å². The van der Waals surface area contributed by atoms with Crippen LogP contribution in [0.5, 0.6) is 0 Å². The van der Waals surface area contributed by atoms with E-state index in [-0.39, 0.29) is 18.0 Å². The molecule has 0 atom stereocenters. The van der Waals surface area contributed by atoms with Crippen molar-refractivity contribution in [3.05, 3.63) is 45.8 Å². The second kappa shape index (κ2) is 6.65. The van der Waals surface area contributed by atoms with E-state index in [0.717, 1.165) is 30.0 Å². The Balaban J connectivity index is 1.76. The summed E-state index contributed by atoms with van der Waals surface area (Å²) in [7, 11) is 0. The zero-order valence-corrected chi connectivity index (χ0v) is 14.6. The van der Waals surface area contributed by atoms with Gasteiger partial charge in [-0.25, -0.2) is 4.79 Å². The van der Waals surface area contributed by atoms with Gasteiger partial charge in [-0.1, -0.05) is 18.2 Å². The Labute approximate surface area is 144 Å². The molecule has 1 aromatic heterocycles. The molecular weight excluding hydrogens is 324 g/mol. The van der Waals surface area contributed by atoms with Crippen molar-refractivity contribution in [2.24, 2.45) is 0 Å². The Hall–Kier alpha value is -2.34. The molecule has 5 nitrogen and oxygen atoms in total. The summed E-state index contributed by atoms with van der Waals surface area (Å²) in [6, 6.07) is 8.11. The fourth-order valence-corrected chi connectivity index (χ4v) is 4.16. The molecule has 0 unspecified atom stereocenters. The number of nitrogens with zero attached hydrogens (tertiary/aromatic N) is 1. The normalized spacial score (nSPS) is 13.5. The molecule has 1 aliphatic rings. The zero-order chi connectivity index (χ0) is 17.3. The molecule has 2 aromatic rings. The number of carboxylic acid groups (broad SMARTS) is 1. The van der Waals surface area contributed by atoms with E-state index in [1.165, 1.54) is 16.9 Å². The first-order chi connectivity index (χ1) is 11.5. The van der Waals surface area contributed by atoms with Gasteiger partial charge in [0.1, 0.15) is 5.00 Å². The number of carboxylic acids is 1. The maximum atomic E-state index is 12.4. The number of hydrogen-bond acceptors (Lipinski definition) is 4. The van der Waals surface area contributed by atoms with Crippen molar-refractivity contribution in [1.82, 2.24) is 0 Å². The molecule has 3 rings (SSSR count). The van der Waals surface area contributed by atoms with Crippen molar-refractivity contribution in [3.8, 4) is 0 Å². The number of fused-ring (bicyclic) bond motifs is 1. The highest BCUT2D eigenvalue weighted by atomic mass is 32.1. The van der Waals surface area contributed by atoms with Gasteiger partial charge in [-0.3, -0.25) is 4.79 Å². The van der Waals surface area contributed by atoms with Crippen molar-refractivity contribution < 1.29 is 14.7 Å². The molecule has 1 amide bonds. The van der Waals surface area contributed by atoms with Crippen molar-refractivity contribution >= 4 is 33.9 Å². The summed E-state index contributed by atoms with van der Waals surface area (Å²) >= 11 is 1.31. The number of carbonyl (C=O) groups is 2. The van der Waals surface area contributed by atoms with Gasteiger partial charge < -0.3 is 15.3 Å². The number of hydrogen-bond donors (Lipinski definition) is 2. The number of thiophene rings is 1. The standard InChI is InChI=1S/C18H20N2O3S/c1-11-12(2)24-17(16(11)18(22)23)19-15(21)10-20-9-5-7-13-6-3-4-8-14(13)20/h3-4,6,8H,5,7,9-10H2,1-2H3,(H,19,21)(H,22,23). The van der Waals surface area contributed by atoms with Crippen LogP contribution in [-0.4, -0.2) is 30.1 Å². The van der Waals surface area contributed by atoms with Crippen LogP contribution in [0.1, 0.15) is 32.8 Å². The Bertz CT molecular complexity index is 798. The topological polar surface area (TPSA) is 69.6 Å². The number of amides is 1. The molecule has 0 radical (unpaired) electrons. The molecule has 0 bridgehead atoms. The quantitative estimate of drug-likeness (QED) is 0.891. The van der Waals surface area contributed by atoms with E-state index < -0.39 is 5.97 Å². The molecule has 24 heavy (non-hydrogen) atoms. The fraction of sp³-hybridized carbons (Fsp3) is 0.333. The molecule has 0 saturated carbocycles. The third-order valence-electron chi connectivity index (χ3n) is 4.39. The van der Waals surface area contributed by atoms with E-state index in [9.17, 15) is 14.7 Å². The minimum atomic E-state index is -1.00. The van der Waals surface area contributed by atoms with E-state index >= 15 is 0 Å². The number of aromatic carboxylic acids is 1. The zero-order valence-electron chi connectivity index (χ0n) is 13.8. The highest BCUT2D eigenvalue weighted by Gasteiger charge is 2.22. The third-order valence-corrected chi connectivity index (χ3v) is 5.52. The molecule has 0 spiro atoms. The first-order valence-electron chi connectivity index (χ1n) is 7.93. The van der Waals surface area contributed by atoms with Crippen molar-refractivity contribution in [3.63, 3.8) is 0 Å². The predicted molar refractivity (Wildman–Crippen MR) is 96.4 cm³/mol. The molecular formula is C18H20N2O3S. The van der Waals surface area contributed by atoms with E-state index in [1.807, 2.05) is 25.1 Å². The highest BCUT2D eigenvalue weighted by molar-refractivity contribution is 7.16. The van der Waals surface area contributed by atoms with Crippen molar-refractivity contribution in [2.75, 3.05) is 23.3 Å². The molecule has 0 aliphatic carbocycles. The lowest BCUT2D eigenvalue weighted by atomic mass is 10.0. The molecule has 6 heteroatoms. The first-order valence-corrected chi connectivity index (χ1v) is 8.75. The summed E-state index contributed by atoms with van der Waals surface area (Å²) in [5.74, 6) is -1.19. The van der Waals surface area contributed by atoms with Crippen LogP contribution in [0.25, 0.3) is 0 Å². The van der Waals surface area contributed by atoms with Crippen molar-refractivity contribution in [2.45, 2.75) is 26.7 Å². The number of carbonyl (C=O) groups excluding carboxylic acids is 1. The minimum absolute atomic E-state index is 0.185. The van der Waals surface area contributed by atoms with Crippen LogP contribution in [0.4, 0.5) is 10.7 Å². The lowest BCUT2D eigenvalue weighted by molar-refractivity contribution is -0.115. The number of aryl methyl sites for hydroxylation is 2. The predicted octanol–water partition coefficient (Wildman–Crippen LogP) is 3.45. The Kier molecular flexibility index (Phi) is 4.57. The summed E-state index contributed by atoms with van der Waals surface area (Å²) in [5, 5.41) is 12.6. The minimum Gasteiger partial charge on any atom is -0.478 e. The van der Waals surface area contributed by atoms with Gasteiger partial charge in [0.25, 0.3) is 0 Å². The second-order valence-corrected chi connectivity index (χ2v) is 7.22. The summed E-state index contributed by atoms with van der Waals surface area (Å²) in [5.41, 5.74) is 3.26. The molecule has 2 N–H and O–H groups in total. The van der Waals surface area contributed by atoms with Gasteiger partial charge in [-0.05, 0) is 43.9 Å². The number of rotatable bonds is 4. The fourth-order valence-electron chi connectivity index (χ4n) is 3.09. The van der Waals surface area contributed by atoms with Gasteiger partial charge in [-0.15, -0.1) is 11.3 Å². The van der Waals surface area contributed by atoms with E-state index in [0.29, 0.717) is 10.6 Å². The number of anilines is 2. The van der Waals surface area contributed by atoms with Crippen LogP contribution < -0.4 is 10.2 Å². The average molecular weight is 344 g/mol. The van der Waals surface area contributed by atoms with Crippen LogP contribution in [0.2, 0.25) is 0 Å². The highest BCUT2D eigenvalue weighted by Crippen LogP contribution is 2.32. The average Bonchev–Trinajstić information content (AvgIpc) is 2.82.